The Bertz CT molecular complexity index is 2300. The summed E-state index contributed by atoms with van der Waals surface area (Å²) in [5.74, 6) is -0.130. The van der Waals surface area contributed by atoms with Gasteiger partial charge in [-0.2, -0.15) is 5.26 Å². The van der Waals surface area contributed by atoms with E-state index in [4.69, 9.17) is 10.9 Å². The number of carbonyl (C=O) groups excluding carboxylic acids is 2. The number of oxime groups is 1. The van der Waals surface area contributed by atoms with E-state index < -0.39 is 0 Å². The third-order valence-electron chi connectivity index (χ3n) is 15.0. The van der Waals surface area contributed by atoms with Crippen molar-refractivity contribution in [2.75, 3.05) is 36.0 Å². The van der Waals surface area contributed by atoms with Crippen molar-refractivity contribution in [3.63, 3.8) is 0 Å². The van der Waals surface area contributed by atoms with E-state index in [9.17, 15) is 14.9 Å². The van der Waals surface area contributed by atoms with Gasteiger partial charge in [0.05, 0.1) is 23.5 Å². The van der Waals surface area contributed by atoms with Gasteiger partial charge in [-0.1, -0.05) is 97.6 Å². The number of para-hydroxylation sites is 2. The van der Waals surface area contributed by atoms with Crippen molar-refractivity contribution in [3.05, 3.63) is 130 Å². The van der Waals surface area contributed by atoms with Gasteiger partial charge in [-0.05, 0) is 158 Å². The highest BCUT2D eigenvalue weighted by Gasteiger charge is 2.35. The number of likely N-dealkylation sites (tertiary alicyclic amines) is 2. The number of amides is 2. The highest BCUT2D eigenvalue weighted by atomic mass is 16.4. The van der Waals surface area contributed by atoms with Gasteiger partial charge in [-0.15, -0.1) is 0 Å². The molecule has 0 saturated carbocycles. The normalized spacial score (nSPS) is 23.7. The fraction of sp³-hybridized carbons (Fsp3) is 0.500. The van der Waals surface area contributed by atoms with Gasteiger partial charge in [0, 0.05) is 54.2 Å². The van der Waals surface area contributed by atoms with Crippen LogP contribution < -0.4 is 15.5 Å². The molecule has 4 heterocycles. The molecule has 350 valence electrons. The van der Waals surface area contributed by atoms with Crippen LogP contribution in [0.1, 0.15) is 150 Å². The largest absolute Gasteiger partial charge is 0.409 e. The number of fused-ring (bicyclic) bond motifs is 2. The summed E-state index contributed by atoms with van der Waals surface area (Å²) < 4.78 is 0. The van der Waals surface area contributed by atoms with E-state index in [2.05, 4.69) is 79.1 Å². The minimum absolute atomic E-state index is 0.0553. The molecule has 0 aliphatic carbocycles. The quantitative estimate of drug-likeness (QED) is 0.0400. The molecule has 3 N–H and O–H groups in total. The van der Waals surface area contributed by atoms with Gasteiger partial charge in [0.2, 0.25) is 11.8 Å². The van der Waals surface area contributed by atoms with E-state index in [-0.39, 0.29) is 29.5 Å². The molecule has 66 heavy (non-hydrogen) atoms. The number of unbranched alkanes of at least 4 members (excludes halogenated alkanes) is 4. The highest BCUT2D eigenvalue weighted by Crippen LogP contribution is 2.38. The zero-order chi connectivity index (χ0) is 46.6. The van der Waals surface area contributed by atoms with Crippen molar-refractivity contribution >= 4 is 29.0 Å². The van der Waals surface area contributed by atoms with Gasteiger partial charge in [0.25, 0.3) is 0 Å². The average molecular weight is 892 g/mol. The second-order valence-corrected chi connectivity index (χ2v) is 19.5. The SMILES string of the molecule is C[C@@H]1CCC[C@H](C)N1CCCCCN1C(=O)C(c2cccc(C#N)c2)Cc2ccccc21.C[C@@H]1CCC[C@H](C)N1CCCCCN1C(=O)C(c2cccc(C(N)=NO)c2)Cc2ccccc21. The summed E-state index contributed by atoms with van der Waals surface area (Å²) in [6, 6.07) is 36.5. The Kier molecular flexibility index (Phi) is 17.1. The van der Waals surface area contributed by atoms with Crippen LogP contribution in [0.5, 0.6) is 0 Å². The molecule has 4 aromatic carbocycles. The van der Waals surface area contributed by atoms with Gasteiger partial charge in [-0.25, -0.2) is 0 Å². The Morgan fingerprint density at radius 2 is 1.05 bits per heavy atom. The number of nitrogens with two attached hydrogens (primary N) is 1. The van der Waals surface area contributed by atoms with Crippen LogP contribution in [0.15, 0.2) is 102 Å². The molecule has 2 saturated heterocycles. The van der Waals surface area contributed by atoms with Crippen LogP contribution >= 0.6 is 0 Å². The minimum Gasteiger partial charge on any atom is -0.409 e. The highest BCUT2D eigenvalue weighted by molar-refractivity contribution is 6.02. The van der Waals surface area contributed by atoms with Gasteiger partial charge in [0.1, 0.15) is 0 Å². The first-order valence-corrected chi connectivity index (χ1v) is 25.0. The molecule has 2 unspecified atom stereocenters. The fourth-order valence-electron chi connectivity index (χ4n) is 11.2. The molecule has 0 aromatic heterocycles. The molecule has 10 heteroatoms. The number of rotatable bonds is 15. The zero-order valence-corrected chi connectivity index (χ0v) is 40.0. The van der Waals surface area contributed by atoms with Crippen molar-refractivity contribution < 1.29 is 14.8 Å². The van der Waals surface area contributed by atoms with Gasteiger partial charge in [-0.3, -0.25) is 19.4 Å². The van der Waals surface area contributed by atoms with E-state index in [0.29, 0.717) is 48.1 Å². The molecule has 4 aromatic rings. The molecule has 2 amide bonds. The number of benzene rings is 4. The predicted molar refractivity (Wildman–Crippen MR) is 267 cm³/mol. The minimum atomic E-state index is -0.267. The van der Waals surface area contributed by atoms with Crippen molar-refractivity contribution in [1.82, 2.24) is 9.80 Å². The maximum Gasteiger partial charge on any atom is 0.234 e. The maximum atomic E-state index is 13.6. The predicted octanol–water partition coefficient (Wildman–Crippen LogP) is 10.6. The third-order valence-corrected chi connectivity index (χ3v) is 15.0. The number of anilines is 2. The third kappa shape index (κ3) is 11.7. The summed E-state index contributed by atoms with van der Waals surface area (Å²) in [5, 5.41) is 21.4. The molecule has 2 fully saturated rings. The number of nitrogens with zero attached hydrogens (tertiary/aromatic N) is 6. The van der Waals surface area contributed by atoms with Crippen molar-refractivity contribution in [2.45, 2.75) is 154 Å². The number of hydrogen-bond acceptors (Lipinski definition) is 7. The number of hydrogen-bond donors (Lipinski definition) is 2. The van der Waals surface area contributed by atoms with Crippen molar-refractivity contribution in [3.8, 4) is 6.07 Å². The van der Waals surface area contributed by atoms with Crippen LogP contribution in [0.4, 0.5) is 11.4 Å². The Morgan fingerprint density at radius 3 is 1.52 bits per heavy atom. The standard InChI is InChI=1S/C28H38N4O2.C28H35N3O/c1-20-10-8-11-21(2)31(20)16-6-3-7-17-32-26-15-5-4-12-23(26)19-25(28(32)33)22-13-9-14-24(18-22)27(29)30-34;1-21-10-8-11-22(2)30(21)16-6-3-7-17-31-27-15-5-4-13-25(27)19-26(28(31)32)24-14-9-12-23(18-24)20-29/h4-5,9,12-15,18,20-21,25,34H,3,6-8,10-11,16-17,19H2,1-2H3,(H2,29,30);4-5,9,12-15,18,21-22,26H,3,6-8,10-11,16-17,19H2,1-2H3/t20-,21+,25?;21-,22+,26?. The van der Waals surface area contributed by atoms with E-state index in [1.807, 2.05) is 64.4 Å². The first-order valence-electron chi connectivity index (χ1n) is 25.0. The lowest BCUT2D eigenvalue weighted by molar-refractivity contribution is -0.121. The smallest absolute Gasteiger partial charge is 0.234 e. The number of carbonyl (C=O) groups is 2. The van der Waals surface area contributed by atoms with Crippen LogP contribution in [0.3, 0.4) is 0 Å². The Labute approximate surface area is 394 Å². The second kappa shape index (κ2) is 23.3. The lowest BCUT2D eigenvalue weighted by atomic mass is 9.85. The maximum absolute atomic E-state index is 13.6. The average Bonchev–Trinajstić information content (AvgIpc) is 3.33. The van der Waals surface area contributed by atoms with E-state index in [1.165, 1.54) is 62.5 Å². The summed E-state index contributed by atoms with van der Waals surface area (Å²) in [6.45, 7) is 13.2. The molecular weight excluding hydrogens is 819 g/mol. The summed E-state index contributed by atoms with van der Waals surface area (Å²) in [4.78, 5) is 36.5. The monoisotopic (exact) mass is 892 g/mol. The molecule has 6 atom stereocenters. The van der Waals surface area contributed by atoms with Crippen LogP contribution in [0.2, 0.25) is 0 Å². The zero-order valence-electron chi connectivity index (χ0n) is 40.0. The summed E-state index contributed by atoms with van der Waals surface area (Å²) in [5.41, 5.74) is 13.4. The molecule has 4 aliphatic rings. The van der Waals surface area contributed by atoms with E-state index in [1.54, 1.807) is 12.1 Å². The second-order valence-electron chi connectivity index (χ2n) is 19.5. The number of nitriles is 1. The summed E-state index contributed by atoms with van der Waals surface area (Å²) in [6.07, 6.45) is 15.9. The Balaban J connectivity index is 0.000000197. The number of piperidine rings is 2. The fourth-order valence-corrected chi connectivity index (χ4v) is 11.2. The molecular formula is C56H73N7O3. The van der Waals surface area contributed by atoms with Gasteiger partial charge < -0.3 is 20.7 Å². The lowest BCUT2D eigenvalue weighted by Crippen LogP contribution is -2.44. The van der Waals surface area contributed by atoms with E-state index in [0.717, 1.165) is 74.4 Å². The molecule has 0 spiro atoms. The molecule has 10 nitrogen and oxygen atoms in total. The molecule has 0 radical (unpaired) electrons. The summed E-state index contributed by atoms with van der Waals surface area (Å²) in [7, 11) is 0. The first kappa shape index (κ1) is 48.4. The Morgan fingerprint density at radius 1 is 0.606 bits per heavy atom. The topological polar surface area (TPSA) is 130 Å². The first-order chi connectivity index (χ1) is 32.1. The van der Waals surface area contributed by atoms with Gasteiger partial charge >= 0.3 is 0 Å². The Hall–Kier alpha value is -5.50. The van der Waals surface area contributed by atoms with E-state index >= 15 is 0 Å². The van der Waals surface area contributed by atoms with Crippen molar-refractivity contribution in [1.29, 1.82) is 5.26 Å². The molecule has 4 aliphatic heterocycles. The van der Waals surface area contributed by atoms with Crippen LogP contribution in [-0.2, 0) is 22.4 Å². The van der Waals surface area contributed by atoms with Crippen LogP contribution in [0, 0.1) is 11.3 Å². The number of amidine groups is 1. The summed E-state index contributed by atoms with van der Waals surface area (Å²) >= 11 is 0. The van der Waals surface area contributed by atoms with Crippen molar-refractivity contribution in [2.24, 2.45) is 10.9 Å². The van der Waals surface area contributed by atoms with Crippen LogP contribution in [0.25, 0.3) is 0 Å². The molecule has 0 bridgehead atoms. The lowest BCUT2D eigenvalue weighted by Gasteiger charge is -2.39. The van der Waals surface area contributed by atoms with Gasteiger partial charge in [0.15, 0.2) is 5.84 Å². The molecule has 8 rings (SSSR count). The van der Waals surface area contributed by atoms with Crippen LogP contribution in [-0.4, -0.2) is 83.0 Å².